The van der Waals surface area contributed by atoms with Crippen LogP contribution in [0.15, 0.2) is 48.5 Å². The van der Waals surface area contributed by atoms with Gasteiger partial charge >= 0.3 is 0 Å². The van der Waals surface area contributed by atoms with Crippen LogP contribution in [0, 0.1) is 13.8 Å². The largest absolute Gasteiger partial charge is 0.508 e. The van der Waals surface area contributed by atoms with Gasteiger partial charge in [0.25, 0.3) is 0 Å². The van der Waals surface area contributed by atoms with Crippen molar-refractivity contribution in [3.05, 3.63) is 87.5 Å². The zero-order chi connectivity index (χ0) is 25.5. The van der Waals surface area contributed by atoms with Crippen LogP contribution in [-0.4, -0.2) is 15.3 Å². The van der Waals surface area contributed by atoms with Crippen LogP contribution < -0.4 is 0 Å². The van der Waals surface area contributed by atoms with Gasteiger partial charge in [0.2, 0.25) is 0 Å². The Balaban J connectivity index is 1.88. The van der Waals surface area contributed by atoms with E-state index in [4.69, 9.17) is 0 Å². The summed E-state index contributed by atoms with van der Waals surface area (Å²) in [5.41, 5.74) is 7.92. The Hall–Kier alpha value is -2.94. The maximum Gasteiger partial charge on any atom is 0.119 e. The molecule has 3 heteroatoms. The Morgan fingerprint density at radius 1 is 0.686 bits per heavy atom. The Labute approximate surface area is 210 Å². The lowest BCUT2D eigenvalue weighted by molar-refractivity contribution is 0.311. The third kappa shape index (κ3) is 4.66. The molecule has 1 saturated carbocycles. The van der Waals surface area contributed by atoms with Gasteiger partial charge in [-0.05, 0) is 120 Å². The molecule has 3 aromatic rings. The molecule has 35 heavy (non-hydrogen) atoms. The van der Waals surface area contributed by atoms with E-state index in [-0.39, 0.29) is 17.3 Å². The van der Waals surface area contributed by atoms with Crippen molar-refractivity contribution < 1.29 is 15.3 Å². The van der Waals surface area contributed by atoms with E-state index in [9.17, 15) is 15.3 Å². The summed E-state index contributed by atoms with van der Waals surface area (Å²) in [6.07, 6.45) is 4.06. The molecule has 186 valence electrons. The topological polar surface area (TPSA) is 60.7 Å². The third-order valence-electron chi connectivity index (χ3n) is 8.23. The Bertz CT molecular complexity index is 1130. The Kier molecular flexibility index (Phi) is 6.90. The number of hydrogen-bond acceptors (Lipinski definition) is 3. The van der Waals surface area contributed by atoms with Crippen LogP contribution in [0.4, 0.5) is 0 Å². The van der Waals surface area contributed by atoms with E-state index >= 15 is 0 Å². The molecule has 0 unspecified atom stereocenters. The molecule has 0 spiro atoms. The first-order valence-corrected chi connectivity index (χ1v) is 13.0. The van der Waals surface area contributed by atoms with E-state index < -0.39 is 0 Å². The molecule has 3 nitrogen and oxygen atoms in total. The van der Waals surface area contributed by atoms with Crippen LogP contribution in [0.3, 0.4) is 0 Å². The fraction of sp³-hybridized carbons (Fsp3) is 0.438. The minimum atomic E-state index is -0.184. The van der Waals surface area contributed by atoms with Crippen molar-refractivity contribution in [2.24, 2.45) is 0 Å². The van der Waals surface area contributed by atoms with Gasteiger partial charge in [-0.15, -0.1) is 0 Å². The number of benzene rings is 3. The molecular formula is C32H40O3. The second-order valence-corrected chi connectivity index (χ2v) is 11.2. The predicted molar refractivity (Wildman–Crippen MR) is 144 cm³/mol. The highest BCUT2D eigenvalue weighted by Crippen LogP contribution is 2.52. The van der Waals surface area contributed by atoms with Crippen LogP contribution in [0.2, 0.25) is 0 Å². The zero-order valence-corrected chi connectivity index (χ0v) is 22.0. The highest BCUT2D eigenvalue weighted by molar-refractivity contribution is 5.55. The lowest BCUT2D eigenvalue weighted by Crippen LogP contribution is -2.34. The average molecular weight is 473 g/mol. The molecule has 3 aromatic carbocycles. The van der Waals surface area contributed by atoms with E-state index in [2.05, 4.69) is 65.8 Å². The summed E-state index contributed by atoms with van der Waals surface area (Å²) < 4.78 is 0. The first-order valence-electron chi connectivity index (χ1n) is 13.0. The molecule has 3 N–H and O–H groups in total. The molecule has 0 atom stereocenters. The maximum atomic E-state index is 10.7. The van der Waals surface area contributed by atoms with Gasteiger partial charge in [0, 0.05) is 5.41 Å². The minimum Gasteiger partial charge on any atom is -0.508 e. The smallest absolute Gasteiger partial charge is 0.119 e. The van der Waals surface area contributed by atoms with Crippen molar-refractivity contribution in [2.75, 3.05) is 0 Å². The number of phenolic OH excluding ortho intramolecular Hbond substituents is 3. The van der Waals surface area contributed by atoms with Crippen LogP contribution in [-0.2, 0) is 5.41 Å². The molecule has 0 aliphatic heterocycles. The predicted octanol–water partition coefficient (Wildman–Crippen LogP) is 8.31. The number of aryl methyl sites for hydroxylation is 2. The van der Waals surface area contributed by atoms with Gasteiger partial charge in [0.05, 0.1) is 0 Å². The first-order chi connectivity index (χ1) is 16.5. The lowest BCUT2D eigenvalue weighted by Gasteiger charge is -2.44. The molecule has 1 aliphatic rings. The summed E-state index contributed by atoms with van der Waals surface area (Å²) in [4.78, 5) is 0. The van der Waals surface area contributed by atoms with Gasteiger partial charge < -0.3 is 15.3 Å². The summed E-state index contributed by atoms with van der Waals surface area (Å²) in [7, 11) is 0. The molecule has 4 rings (SSSR count). The molecule has 0 amide bonds. The molecule has 0 radical (unpaired) electrons. The summed E-state index contributed by atoms with van der Waals surface area (Å²) in [5, 5.41) is 31.2. The normalized spacial score (nSPS) is 16.2. The van der Waals surface area contributed by atoms with E-state index in [1.807, 2.05) is 12.1 Å². The standard InChI is InChI=1S/C32H40O3/c1-19(2)26-17-28(21(5)15-30(26)34)32(29-18-27(20(3)4)31(35)16-22(29)6)13-11-24(12-14-32)23-7-9-25(33)10-8-23/h7-10,15-20,24,33-35H,11-14H2,1-6H3. The van der Waals surface area contributed by atoms with Gasteiger partial charge in [-0.3, -0.25) is 0 Å². The van der Waals surface area contributed by atoms with Crippen molar-refractivity contribution in [1.82, 2.24) is 0 Å². The molecule has 1 fully saturated rings. The quantitative estimate of drug-likeness (QED) is 0.350. The highest BCUT2D eigenvalue weighted by Gasteiger charge is 2.41. The minimum absolute atomic E-state index is 0.184. The summed E-state index contributed by atoms with van der Waals surface area (Å²) >= 11 is 0. The van der Waals surface area contributed by atoms with Gasteiger partial charge in [-0.2, -0.15) is 0 Å². The van der Waals surface area contributed by atoms with Crippen LogP contribution >= 0.6 is 0 Å². The van der Waals surface area contributed by atoms with E-state index in [1.54, 1.807) is 12.1 Å². The van der Waals surface area contributed by atoms with E-state index in [0.29, 0.717) is 23.2 Å². The Morgan fingerprint density at radius 3 is 1.51 bits per heavy atom. The summed E-state index contributed by atoms with van der Waals surface area (Å²) in [5.74, 6) is 1.96. The number of phenols is 3. The monoisotopic (exact) mass is 472 g/mol. The number of rotatable bonds is 5. The van der Waals surface area contributed by atoms with Gasteiger partial charge in [0.1, 0.15) is 17.2 Å². The number of aromatic hydroxyl groups is 3. The fourth-order valence-electron chi connectivity index (χ4n) is 6.25. The molecule has 0 bridgehead atoms. The molecule has 0 aromatic heterocycles. The first kappa shape index (κ1) is 25.2. The van der Waals surface area contributed by atoms with Gasteiger partial charge in [-0.25, -0.2) is 0 Å². The highest BCUT2D eigenvalue weighted by atomic mass is 16.3. The zero-order valence-electron chi connectivity index (χ0n) is 22.0. The maximum absolute atomic E-state index is 10.7. The molecular weight excluding hydrogens is 432 g/mol. The second kappa shape index (κ2) is 9.60. The summed E-state index contributed by atoms with van der Waals surface area (Å²) in [6, 6.07) is 16.1. The van der Waals surface area contributed by atoms with Crippen molar-refractivity contribution in [3.63, 3.8) is 0 Å². The van der Waals surface area contributed by atoms with Crippen molar-refractivity contribution in [3.8, 4) is 17.2 Å². The molecule has 1 aliphatic carbocycles. The Morgan fingerprint density at radius 2 is 1.11 bits per heavy atom. The molecule has 0 saturated heterocycles. The van der Waals surface area contributed by atoms with Gasteiger partial charge in [-0.1, -0.05) is 52.0 Å². The van der Waals surface area contributed by atoms with Gasteiger partial charge in [0.15, 0.2) is 0 Å². The van der Waals surface area contributed by atoms with Crippen molar-refractivity contribution >= 4 is 0 Å². The summed E-state index contributed by atoms with van der Waals surface area (Å²) in [6.45, 7) is 12.8. The van der Waals surface area contributed by atoms with E-state index in [1.165, 1.54) is 16.7 Å². The number of hydrogen-bond donors (Lipinski definition) is 3. The van der Waals surface area contributed by atoms with Crippen LogP contribution in [0.25, 0.3) is 0 Å². The van der Waals surface area contributed by atoms with E-state index in [0.717, 1.165) is 47.9 Å². The van der Waals surface area contributed by atoms with Crippen LogP contribution in [0.1, 0.15) is 110 Å². The van der Waals surface area contributed by atoms with Crippen molar-refractivity contribution in [2.45, 2.75) is 90.4 Å². The second-order valence-electron chi connectivity index (χ2n) is 11.2. The van der Waals surface area contributed by atoms with Crippen LogP contribution in [0.5, 0.6) is 17.2 Å². The van der Waals surface area contributed by atoms with Crippen molar-refractivity contribution in [1.29, 1.82) is 0 Å². The SMILES string of the molecule is Cc1cc(O)c(C(C)C)cc1C1(c2cc(C(C)C)c(O)cc2C)CCC(c2ccc(O)cc2)CC1. The lowest BCUT2D eigenvalue weighted by atomic mass is 9.60. The third-order valence-corrected chi connectivity index (χ3v) is 8.23. The fourth-order valence-corrected chi connectivity index (χ4v) is 6.25. The molecule has 0 heterocycles. The average Bonchev–Trinajstić information content (AvgIpc) is 2.79.